The number of nitrogens with one attached hydrogen (secondary N) is 1. The molecule has 0 atom stereocenters. The molecule has 0 radical (unpaired) electrons. The molecule has 0 spiro atoms. The quantitative estimate of drug-likeness (QED) is 0.752. The fraction of sp³-hybridized carbons (Fsp3) is 0.143. The van der Waals surface area contributed by atoms with Crippen LogP contribution in [0.1, 0.15) is 5.56 Å². The lowest BCUT2D eigenvalue weighted by atomic mass is 10.2. The lowest BCUT2D eigenvalue weighted by Gasteiger charge is -2.08. The van der Waals surface area contributed by atoms with Gasteiger partial charge in [0.1, 0.15) is 0 Å². The van der Waals surface area contributed by atoms with Crippen LogP contribution < -0.4 is 5.32 Å². The number of anilines is 1. The zero-order chi connectivity index (χ0) is 14.8. The molecule has 3 N–H and O–H groups in total. The Bertz CT molecular complexity index is 708. The Balaban J connectivity index is 2.06. The molecule has 20 heavy (non-hydrogen) atoms. The molecular formula is C14H15NO4S. The summed E-state index contributed by atoms with van der Waals surface area (Å²) in [5.74, 6) is -0.331. The summed E-state index contributed by atoms with van der Waals surface area (Å²) in [6, 6.07) is 11.0. The van der Waals surface area contributed by atoms with Crippen LogP contribution in [0.5, 0.6) is 11.5 Å². The third-order valence-corrected chi connectivity index (χ3v) is 3.95. The molecule has 0 aliphatic heterocycles. The summed E-state index contributed by atoms with van der Waals surface area (Å²) in [5.41, 5.74) is 1.57. The lowest BCUT2D eigenvalue weighted by molar-refractivity contribution is 0.403. The Labute approximate surface area is 117 Å². The van der Waals surface area contributed by atoms with Crippen molar-refractivity contribution in [2.24, 2.45) is 0 Å². The van der Waals surface area contributed by atoms with Crippen LogP contribution in [0.25, 0.3) is 0 Å². The van der Waals surface area contributed by atoms with Crippen molar-refractivity contribution in [1.82, 2.24) is 0 Å². The van der Waals surface area contributed by atoms with Crippen LogP contribution in [0.3, 0.4) is 0 Å². The average molecular weight is 293 g/mol. The van der Waals surface area contributed by atoms with Gasteiger partial charge in [-0.2, -0.15) is 0 Å². The molecule has 0 heterocycles. The van der Waals surface area contributed by atoms with E-state index in [9.17, 15) is 18.6 Å². The minimum absolute atomic E-state index is 0.161. The Hall–Kier alpha value is -2.21. The van der Waals surface area contributed by atoms with Crippen molar-refractivity contribution in [2.45, 2.75) is 11.4 Å². The first-order valence-electron chi connectivity index (χ1n) is 5.91. The van der Waals surface area contributed by atoms with E-state index in [1.807, 2.05) is 0 Å². The van der Waals surface area contributed by atoms with E-state index in [4.69, 9.17) is 0 Å². The summed E-state index contributed by atoms with van der Waals surface area (Å²) < 4.78 is 22.6. The van der Waals surface area contributed by atoms with Gasteiger partial charge in [-0.3, -0.25) is 0 Å². The first-order valence-corrected chi connectivity index (χ1v) is 7.80. The van der Waals surface area contributed by atoms with Gasteiger partial charge in [0, 0.05) is 18.5 Å². The number of phenolic OH excluding ortho intramolecular Hbond substituents is 2. The Morgan fingerprint density at radius 2 is 1.65 bits per heavy atom. The second-order valence-electron chi connectivity index (χ2n) is 4.47. The summed E-state index contributed by atoms with van der Waals surface area (Å²) >= 11 is 0. The Kier molecular flexibility index (Phi) is 3.85. The zero-order valence-corrected chi connectivity index (χ0v) is 11.7. The first-order chi connectivity index (χ1) is 9.36. The molecule has 0 amide bonds. The molecule has 0 aliphatic rings. The van der Waals surface area contributed by atoms with E-state index in [1.165, 1.54) is 24.3 Å². The molecule has 2 rings (SSSR count). The molecule has 2 aromatic carbocycles. The highest BCUT2D eigenvalue weighted by Crippen LogP contribution is 2.25. The molecular weight excluding hydrogens is 278 g/mol. The van der Waals surface area contributed by atoms with Gasteiger partial charge in [0.25, 0.3) is 0 Å². The van der Waals surface area contributed by atoms with Crippen molar-refractivity contribution >= 4 is 15.5 Å². The van der Waals surface area contributed by atoms with Gasteiger partial charge < -0.3 is 15.5 Å². The van der Waals surface area contributed by atoms with Crippen molar-refractivity contribution in [2.75, 3.05) is 11.6 Å². The van der Waals surface area contributed by atoms with Crippen molar-refractivity contribution in [3.05, 3.63) is 48.0 Å². The van der Waals surface area contributed by atoms with E-state index in [2.05, 4.69) is 5.32 Å². The Morgan fingerprint density at radius 1 is 1.00 bits per heavy atom. The van der Waals surface area contributed by atoms with Crippen LogP contribution in [0.2, 0.25) is 0 Å². The maximum atomic E-state index is 11.3. The summed E-state index contributed by atoms with van der Waals surface area (Å²) in [6.07, 6.45) is 1.16. The third-order valence-electron chi connectivity index (χ3n) is 2.82. The molecule has 0 bridgehead atoms. The Morgan fingerprint density at radius 3 is 2.20 bits per heavy atom. The molecule has 106 valence electrons. The van der Waals surface area contributed by atoms with Crippen molar-refractivity contribution in [1.29, 1.82) is 0 Å². The highest BCUT2D eigenvalue weighted by Gasteiger charge is 2.06. The number of phenols is 2. The summed E-state index contributed by atoms with van der Waals surface area (Å²) in [4.78, 5) is 0.269. The number of benzene rings is 2. The minimum Gasteiger partial charge on any atom is -0.504 e. The zero-order valence-electron chi connectivity index (χ0n) is 10.9. The topological polar surface area (TPSA) is 86.6 Å². The van der Waals surface area contributed by atoms with Gasteiger partial charge in [-0.25, -0.2) is 8.42 Å². The van der Waals surface area contributed by atoms with Crippen LogP contribution >= 0.6 is 0 Å². The van der Waals surface area contributed by atoms with Crippen LogP contribution in [0.15, 0.2) is 47.4 Å². The van der Waals surface area contributed by atoms with Crippen molar-refractivity contribution in [3.63, 3.8) is 0 Å². The lowest BCUT2D eigenvalue weighted by Crippen LogP contribution is -2.00. The van der Waals surface area contributed by atoms with Crippen LogP contribution in [-0.2, 0) is 16.4 Å². The fourth-order valence-electron chi connectivity index (χ4n) is 1.70. The van der Waals surface area contributed by atoms with Gasteiger partial charge in [0.2, 0.25) is 0 Å². The third kappa shape index (κ3) is 3.42. The van der Waals surface area contributed by atoms with E-state index < -0.39 is 9.84 Å². The number of hydrogen-bond acceptors (Lipinski definition) is 5. The molecule has 0 saturated carbocycles. The van der Waals surface area contributed by atoms with Crippen LogP contribution in [0.4, 0.5) is 5.69 Å². The monoisotopic (exact) mass is 293 g/mol. The van der Waals surface area contributed by atoms with E-state index in [-0.39, 0.29) is 16.4 Å². The number of sulfone groups is 1. The maximum Gasteiger partial charge on any atom is 0.175 e. The van der Waals surface area contributed by atoms with Gasteiger partial charge in [-0.05, 0) is 42.0 Å². The van der Waals surface area contributed by atoms with Gasteiger partial charge in [-0.1, -0.05) is 6.07 Å². The smallest absolute Gasteiger partial charge is 0.175 e. The summed E-state index contributed by atoms with van der Waals surface area (Å²) in [6.45, 7) is 0.450. The highest BCUT2D eigenvalue weighted by atomic mass is 32.2. The second kappa shape index (κ2) is 5.42. The summed E-state index contributed by atoms with van der Waals surface area (Å²) in [5, 5.41) is 21.7. The molecule has 0 aliphatic carbocycles. The van der Waals surface area contributed by atoms with E-state index >= 15 is 0 Å². The molecule has 0 saturated heterocycles. The molecule has 0 unspecified atom stereocenters. The number of hydrogen-bond donors (Lipinski definition) is 3. The van der Waals surface area contributed by atoms with Crippen LogP contribution in [-0.4, -0.2) is 24.9 Å². The second-order valence-corrected chi connectivity index (χ2v) is 6.49. The largest absolute Gasteiger partial charge is 0.504 e. The average Bonchev–Trinajstić information content (AvgIpc) is 2.40. The van der Waals surface area contributed by atoms with Gasteiger partial charge in [0.05, 0.1) is 4.90 Å². The maximum absolute atomic E-state index is 11.3. The molecule has 2 aromatic rings. The van der Waals surface area contributed by atoms with Gasteiger partial charge in [0.15, 0.2) is 21.3 Å². The van der Waals surface area contributed by atoms with E-state index in [1.54, 1.807) is 18.2 Å². The predicted octanol–water partition coefficient (Wildman–Crippen LogP) is 2.11. The van der Waals surface area contributed by atoms with E-state index in [0.717, 1.165) is 17.5 Å². The normalized spacial score (nSPS) is 11.2. The minimum atomic E-state index is -3.19. The fourth-order valence-corrected chi connectivity index (χ4v) is 2.33. The number of aromatic hydroxyl groups is 2. The van der Waals surface area contributed by atoms with Crippen LogP contribution in [0, 0.1) is 0 Å². The molecule has 6 heteroatoms. The summed E-state index contributed by atoms with van der Waals surface area (Å²) in [7, 11) is -3.19. The molecule has 5 nitrogen and oxygen atoms in total. The predicted molar refractivity (Wildman–Crippen MR) is 76.7 cm³/mol. The molecule has 0 aromatic heterocycles. The van der Waals surface area contributed by atoms with Gasteiger partial charge >= 0.3 is 0 Å². The molecule has 0 fully saturated rings. The SMILES string of the molecule is CS(=O)(=O)c1ccc(NCc2ccc(O)c(O)c2)cc1. The van der Waals surface area contributed by atoms with E-state index in [0.29, 0.717) is 6.54 Å². The number of rotatable bonds is 4. The van der Waals surface area contributed by atoms with Crippen molar-refractivity contribution < 1.29 is 18.6 Å². The highest BCUT2D eigenvalue weighted by molar-refractivity contribution is 7.90. The standard InChI is InChI=1S/C14H15NO4S/c1-20(18,19)12-5-3-11(4-6-12)15-9-10-2-7-13(16)14(17)8-10/h2-8,15-17H,9H2,1H3. The van der Waals surface area contributed by atoms with Gasteiger partial charge in [-0.15, -0.1) is 0 Å². The van der Waals surface area contributed by atoms with Crippen molar-refractivity contribution in [3.8, 4) is 11.5 Å². The first kappa shape index (κ1) is 14.2.